The summed E-state index contributed by atoms with van der Waals surface area (Å²) in [5.74, 6) is 0.166. The summed E-state index contributed by atoms with van der Waals surface area (Å²) in [5.41, 5.74) is 3.12. The SMILES string of the molecule is Cc1ccc(NC(=O)C2CCN(c3ccc(=O)n(-c4cccc(F)c4)n3)CC2)c(C)c1. The van der Waals surface area contributed by atoms with Crippen molar-refractivity contribution < 1.29 is 9.18 Å². The van der Waals surface area contributed by atoms with Crippen LogP contribution in [0.3, 0.4) is 0 Å². The zero-order valence-electron chi connectivity index (χ0n) is 17.6. The van der Waals surface area contributed by atoms with Crippen molar-refractivity contribution in [1.82, 2.24) is 9.78 Å². The van der Waals surface area contributed by atoms with E-state index < -0.39 is 5.82 Å². The fourth-order valence-electron chi connectivity index (χ4n) is 3.92. The van der Waals surface area contributed by atoms with E-state index in [0.717, 1.165) is 16.8 Å². The van der Waals surface area contributed by atoms with Crippen LogP contribution in [0, 0.1) is 25.6 Å². The molecule has 7 heteroatoms. The number of carbonyl (C=O) groups is 1. The zero-order chi connectivity index (χ0) is 22.0. The van der Waals surface area contributed by atoms with E-state index in [0.29, 0.717) is 37.4 Å². The van der Waals surface area contributed by atoms with Gasteiger partial charge in [-0.05, 0) is 62.6 Å². The molecular weight excluding hydrogens is 395 g/mol. The Morgan fingerprint density at radius 1 is 1.06 bits per heavy atom. The second-order valence-electron chi connectivity index (χ2n) is 7.99. The number of benzene rings is 2. The molecule has 1 aliphatic heterocycles. The second kappa shape index (κ2) is 8.71. The molecule has 31 heavy (non-hydrogen) atoms. The molecule has 2 aromatic carbocycles. The van der Waals surface area contributed by atoms with Crippen LogP contribution in [-0.2, 0) is 4.79 Å². The number of piperidine rings is 1. The van der Waals surface area contributed by atoms with Crippen molar-refractivity contribution in [2.45, 2.75) is 26.7 Å². The van der Waals surface area contributed by atoms with Gasteiger partial charge in [0.25, 0.3) is 5.56 Å². The minimum absolute atomic E-state index is 0.0318. The van der Waals surface area contributed by atoms with E-state index in [2.05, 4.69) is 21.4 Å². The number of aromatic nitrogens is 2. The molecule has 0 aliphatic carbocycles. The number of hydrogen-bond donors (Lipinski definition) is 1. The van der Waals surface area contributed by atoms with Gasteiger partial charge in [0.15, 0.2) is 0 Å². The van der Waals surface area contributed by atoms with Crippen molar-refractivity contribution in [3.63, 3.8) is 0 Å². The van der Waals surface area contributed by atoms with Crippen LogP contribution in [0.2, 0.25) is 0 Å². The van der Waals surface area contributed by atoms with Gasteiger partial charge in [-0.1, -0.05) is 23.8 Å². The van der Waals surface area contributed by atoms with Crippen LogP contribution in [0.15, 0.2) is 59.4 Å². The molecule has 0 unspecified atom stereocenters. The van der Waals surface area contributed by atoms with Gasteiger partial charge in [0, 0.05) is 30.8 Å². The highest BCUT2D eigenvalue weighted by molar-refractivity contribution is 5.93. The predicted octanol–water partition coefficient (Wildman–Crippen LogP) is 3.84. The number of halogens is 1. The lowest BCUT2D eigenvalue weighted by Crippen LogP contribution is -2.39. The summed E-state index contributed by atoms with van der Waals surface area (Å²) >= 11 is 0. The number of hydrogen-bond acceptors (Lipinski definition) is 4. The molecule has 0 atom stereocenters. The lowest BCUT2D eigenvalue weighted by Gasteiger charge is -2.32. The van der Waals surface area contributed by atoms with Crippen LogP contribution in [0.1, 0.15) is 24.0 Å². The van der Waals surface area contributed by atoms with Gasteiger partial charge < -0.3 is 10.2 Å². The summed E-state index contributed by atoms with van der Waals surface area (Å²) < 4.78 is 14.8. The molecule has 4 rings (SSSR count). The Hall–Kier alpha value is -3.48. The van der Waals surface area contributed by atoms with E-state index in [1.54, 1.807) is 18.2 Å². The number of nitrogens with one attached hydrogen (secondary N) is 1. The first-order valence-corrected chi connectivity index (χ1v) is 10.4. The fourth-order valence-corrected chi connectivity index (χ4v) is 3.92. The van der Waals surface area contributed by atoms with Crippen LogP contribution in [0.5, 0.6) is 0 Å². The molecule has 3 aromatic rings. The van der Waals surface area contributed by atoms with Gasteiger partial charge in [-0.2, -0.15) is 4.68 Å². The first kappa shape index (κ1) is 20.8. The lowest BCUT2D eigenvalue weighted by molar-refractivity contribution is -0.120. The van der Waals surface area contributed by atoms with Gasteiger partial charge >= 0.3 is 0 Å². The molecule has 1 N–H and O–H groups in total. The number of carbonyl (C=O) groups excluding carboxylic acids is 1. The van der Waals surface area contributed by atoms with Crippen molar-refractivity contribution in [2.24, 2.45) is 5.92 Å². The highest BCUT2D eigenvalue weighted by atomic mass is 19.1. The third-order valence-corrected chi connectivity index (χ3v) is 5.67. The topological polar surface area (TPSA) is 67.2 Å². The van der Waals surface area contributed by atoms with Gasteiger partial charge in [0.05, 0.1) is 5.69 Å². The van der Waals surface area contributed by atoms with Crippen LogP contribution < -0.4 is 15.8 Å². The Bertz CT molecular complexity index is 1170. The van der Waals surface area contributed by atoms with Gasteiger partial charge in [0.2, 0.25) is 5.91 Å². The molecule has 0 radical (unpaired) electrons. The lowest BCUT2D eigenvalue weighted by atomic mass is 9.95. The molecule has 2 heterocycles. The Balaban J connectivity index is 1.43. The molecule has 1 fully saturated rings. The van der Waals surface area contributed by atoms with Crippen molar-refractivity contribution in [3.8, 4) is 5.69 Å². The summed E-state index contributed by atoms with van der Waals surface area (Å²) in [5, 5.41) is 7.48. The van der Waals surface area contributed by atoms with Gasteiger partial charge in [-0.3, -0.25) is 9.59 Å². The largest absolute Gasteiger partial charge is 0.355 e. The van der Waals surface area contributed by atoms with E-state index >= 15 is 0 Å². The third kappa shape index (κ3) is 4.66. The molecule has 1 aliphatic rings. The van der Waals surface area contributed by atoms with E-state index in [1.807, 2.05) is 26.0 Å². The molecule has 0 spiro atoms. The first-order valence-electron chi connectivity index (χ1n) is 10.4. The third-order valence-electron chi connectivity index (χ3n) is 5.67. The highest BCUT2D eigenvalue weighted by Crippen LogP contribution is 2.24. The van der Waals surface area contributed by atoms with Gasteiger partial charge in [-0.15, -0.1) is 5.10 Å². The fraction of sp³-hybridized carbons (Fsp3) is 0.292. The monoisotopic (exact) mass is 420 g/mol. The van der Waals surface area contributed by atoms with Crippen LogP contribution in [-0.4, -0.2) is 28.8 Å². The molecular formula is C24H25FN4O2. The quantitative estimate of drug-likeness (QED) is 0.696. The van der Waals surface area contributed by atoms with Crippen LogP contribution in [0.4, 0.5) is 15.9 Å². The average molecular weight is 420 g/mol. The minimum atomic E-state index is -0.424. The summed E-state index contributed by atoms with van der Waals surface area (Å²) in [4.78, 5) is 27.0. The maximum absolute atomic E-state index is 13.6. The highest BCUT2D eigenvalue weighted by Gasteiger charge is 2.26. The second-order valence-corrected chi connectivity index (χ2v) is 7.99. The minimum Gasteiger partial charge on any atom is -0.355 e. The van der Waals surface area contributed by atoms with E-state index in [1.165, 1.54) is 22.9 Å². The summed E-state index contributed by atoms with van der Waals surface area (Å²) in [7, 11) is 0. The Morgan fingerprint density at radius 3 is 2.55 bits per heavy atom. The van der Waals surface area contributed by atoms with E-state index in [-0.39, 0.29) is 17.4 Å². The number of nitrogens with zero attached hydrogens (tertiary/aromatic N) is 3. The number of anilines is 2. The Morgan fingerprint density at radius 2 is 1.84 bits per heavy atom. The van der Waals surface area contributed by atoms with Crippen molar-refractivity contribution in [3.05, 3.63) is 81.9 Å². The Kier molecular flexibility index (Phi) is 5.84. The number of rotatable bonds is 4. The molecule has 1 saturated heterocycles. The van der Waals surface area contributed by atoms with Crippen molar-refractivity contribution in [1.29, 1.82) is 0 Å². The summed E-state index contributed by atoms with van der Waals surface area (Å²) in [6, 6.07) is 14.9. The van der Waals surface area contributed by atoms with Gasteiger partial charge in [0.1, 0.15) is 11.6 Å². The molecule has 1 aromatic heterocycles. The van der Waals surface area contributed by atoms with Gasteiger partial charge in [-0.25, -0.2) is 4.39 Å². The van der Waals surface area contributed by atoms with Crippen molar-refractivity contribution >= 4 is 17.4 Å². The smallest absolute Gasteiger partial charge is 0.271 e. The van der Waals surface area contributed by atoms with Crippen LogP contribution in [0.25, 0.3) is 5.69 Å². The predicted molar refractivity (Wildman–Crippen MR) is 119 cm³/mol. The summed E-state index contributed by atoms with van der Waals surface area (Å²) in [6.07, 6.45) is 1.38. The number of aryl methyl sites for hydroxylation is 2. The molecule has 1 amide bonds. The zero-order valence-corrected chi connectivity index (χ0v) is 17.6. The van der Waals surface area contributed by atoms with Crippen molar-refractivity contribution in [2.75, 3.05) is 23.3 Å². The number of amides is 1. The maximum Gasteiger partial charge on any atom is 0.271 e. The van der Waals surface area contributed by atoms with Crippen LogP contribution >= 0.6 is 0 Å². The standard InChI is InChI=1S/C24H25FN4O2/c1-16-6-7-21(17(2)14-16)26-24(31)18-10-12-28(13-11-18)22-8-9-23(30)29(27-22)20-5-3-4-19(25)15-20/h3-9,14-15,18H,10-13H2,1-2H3,(H,26,31). The molecule has 0 saturated carbocycles. The maximum atomic E-state index is 13.6. The van der Waals surface area contributed by atoms with E-state index in [9.17, 15) is 14.0 Å². The molecule has 160 valence electrons. The van der Waals surface area contributed by atoms with E-state index in [4.69, 9.17) is 0 Å². The molecule has 0 bridgehead atoms. The average Bonchev–Trinajstić information content (AvgIpc) is 2.76. The normalized spacial score (nSPS) is 14.5. The summed E-state index contributed by atoms with van der Waals surface area (Å²) in [6.45, 7) is 5.32. The Labute approximate surface area is 180 Å². The first-order chi connectivity index (χ1) is 14.9. The molecule has 6 nitrogen and oxygen atoms in total.